The molecule has 0 radical (unpaired) electrons. The fraction of sp³-hybridized carbons (Fsp3) is 0.273. The first-order chi connectivity index (χ1) is 13.0. The van der Waals surface area contributed by atoms with Crippen molar-refractivity contribution in [2.45, 2.75) is 32.2 Å². The lowest BCUT2D eigenvalue weighted by Gasteiger charge is -2.29. The van der Waals surface area contributed by atoms with Crippen LogP contribution in [-0.2, 0) is 4.79 Å². The van der Waals surface area contributed by atoms with Crippen LogP contribution in [0.25, 0.3) is 6.08 Å². The second-order valence-electron chi connectivity index (χ2n) is 7.07. The SMILES string of the molecule is CC(=O)N1N=C2C(=Cc3ccc(Cl)cc3)CCCC2C1c1ccc(Cl)cc1. The first-order valence-electron chi connectivity index (χ1n) is 9.13. The number of fused-ring (bicyclic) bond motifs is 1. The predicted molar refractivity (Wildman–Crippen MR) is 111 cm³/mol. The van der Waals surface area contributed by atoms with Crippen molar-refractivity contribution in [1.82, 2.24) is 5.01 Å². The fourth-order valence-corrected chi connectivity index (χ4v) is 4.27. The number of carbonyl (C=O) groups is 1. The molecule has 3 nitrogen and oxygen atoms in total. The lowest BCUT2D eigenvalue weighted by molar-refractivity contribution is -0.131. The summed E-state index contributed by atoms with van der Waals surface area (Å²) < 4.78 is 0. The number of amides is 1. The maximum atomic E-state index is 12.3. The maximum Gasteiger partial charge on any atom is 0.240 e. The molecule has 2 aliphatic rings. The molecule has 0 spiro atoms. The van der Waals surface area contributed by atoms with Crippen molar-refractivity contribution < 1.29 is 4.79 Å². The average Bonchev–Trinajstić information content (AvgIpc) is 3.05. The molecule has 1 saturated carbocycles. The number of nitrogens with zero attached hydrogens (tertiary/aromatic N) is 2. The molecule has 2 atom stereocenters. The first kappa shape index (κ1) is 18.3. The number of hydrogen-bond donors (Lipinski definition) is 0. The van der Waals surface area contributed by atoms with E-state index in [1.54, 1.807) is 11.9 Å². The number of hydrazone groups is 1. The van der Waals surface area contributed by atoms with Gasteiger partial charge in [0.2, 0.25) is 5.91 Å². The van der Waals surface area contributed by atoms with Gasteiger partial charge in [0.25, 0.3) is 0 Å². The Bertz CT molecular complexity index is 916. The third-order valence-corrected chi connectivity index (χ3v) is 5.75. The monoisotopic (exact) mass is 398 g/mol. The highest BCUT2D eigenvalue weighted by atomic mass is 35.5. The van der Waals surface area contributed by atoms with E-state index in [1.165, 1.54) is 5.57 Å². The normalized spacial score (nSPS) is 23.3. The van der Waals surface area contributed by atoms with Crippen molar-refractivity contribution >= 4 is 40.9 Å². The number of carbonyl (C=O) groups excluding carboxylic acids is 1. The van der Waals surface area contributed by atoms with E-state index in [2.05, 4.69) is 6.08 Å². The summed E-state index contributed by atoms with van der Waals surface area (Å²) in [7, 11) is 0. The molecular weight excluding hydrogens is 379 g/mol. The Kier molecular flexibility index (Phi) is 5.07. The molecule has 0 aromatic heterocycles. The minimum atomic E-state index is -0.0660. The average molecular weight is 399 g/mol. The van der Waals surface area contributed by atoms with Gasteiger partial charge in [-0.3, -0.25) is 4.79 Å². The number of rotatable bonds is 2. The number of hydrogen-bond acceptors (Lipinski definition) is 2. The summed E-state index contributed by atoms with van der Waals surface area (Å²) in [4.78, 5) is 12.3. The third-order valence-electron chi connectivity index (χ3n) is 5.25. The second-order valence-corrected chi connectivity index (χ2v) is 7.94. The molecule has 1 heterocycles. The van der Waals surface area contributed by atoms with Crippen LogP contribution in [0.15, 0.2) is 59.2 Å². The van der Waals surface area contributed by atoms with Gasteiger partial charge in [-0.2, -0.15) is 5.10 Å². The van der Waals surface area contributed by atoms with Crippen LogP contribution in [-0.4, -0.2) is 16.6 Å². The van der Waals surface area contributed by atoms with Crippen molar-refractivity contribution in [3.05, 3.63) is 75.3 Å². The van der Waals surface area contributed by atoms with Crippen LogP contribution in [0.2, 0.25) is 10.0 Å². The summed E-state index contributed by atoms with van der Waals surface area (Å²) in [5.41, 5.74) is 4.41. The summed E-state index contributed by atoms with van der Waals surface area (Å²) in [5, 5.41) is 7.82. The van der Waals surface area contributed by atoms with Crippen molar-refractivity contribution in [2.24, 2.45) is 11.0 Å². The van der Waals surface area contributed by atoms with Crippen molar-refractivity contribution in [1.29, 1.82) is 0 Å². The zero-order valence-electron chi connectivity index (χ0n) is 15.0. The van der Waals surface area contributed by atoms with Crippen LogP contribution in [0, 0.1) is 5.92 Å². The highest BCUT2D eigenvalue weighted by Crippen LogP contribution is 2.44. The van der Waals surface area contributed by atoms with Gasteiger partial charge < -0.3 is 0 Å². The zero-order chi connectivity index (χ0) is 19.0. The van der Waals surface area contributed by atoms with E-state index in [9.17, 15) is 4.79 Å². The van der Waals surface area contributed by atoms with Gasteiger partial charge in [-0.1, -0.05) is 47.5 Å². The smallest absolute Gasteiger partial charge is 0.240 e. The summed E-state index contributed by atoms with van der Waals surface area (Å²) in [6.07, 6.45) is 5.24. The van der Waals surface area contributed by atoms with E-state index in [0.717, 1.165) is 41.1 Å². The van der Waals surface area contributed by atoms with Gasteiger partial charge in [0, 0.05) is 22.9 Å². The molecule has 2 aromatic carbocycles. The molecular formula is C22H20Cl2N2O. The lowest BCUT2D eigenvalue weighted by Crippen LogP contribution is -2.30. The fourth-order valence-electron chi connectivity index (χ4n) is 4.02. The number of allylic oxidation sites excluding steroid dienone is 1. The Morgan fingerprint density at radius 2 is 1.70 bits per heavy atom. The second kappa shape index (κ2) is 7.49. The number of halogens is 2. The minimum Gasteiger partial charge on any atom is -0.273 e. The highest BCUT2D eigenvalue weighted by Gasteiger charge is 2.42. The summed E-state index contributed by atoms with van der Waals surface area (Å²) in [6, 6.07) is 15.5. The predicted octanol–water partition coefficient (Wildman–Crippen LogP) is 6.14. The molecule has 1 fully saturated rings. The van der Waals surface area contributed by atoms with Crippen molar-refractivity contribution in [3.8, 4) is 0 Å². The van der Waals surface area contributed by atoms with Gasteiger partial charge in [-0.05, 0) is 66.3 Å². The first-order valence-corrected chi connectivity index (χ1v) is 9.89. The van der Waals surface area contributed by atoms with Gasteiger partial charge in [0.05, 0.1) is 11.8 Å². The van der Waals surface area contributed by atoms with E-state index in [4.69, 9.17) is 28.3 Å². The van der Waals surface area contributed by atoms with E-state index in [0.29, 0.717) is 5.02 Å². The topological polar surface area (TPSA) is 32.7 Å². The van der Waals surface area contributed by atoms with E-state index < -0.39 is 0 Å². The summed E-state index contributed by atoms with van der Waals surface area (Å²) in [6.45, 7) is 1.58. The Hall–Kier alpha value is -2.10. The zero-order valence-corrected chi connectivity index (χ0v) is 16.5. The van der Waals surface area contributed by atoms with E-state index in [1.807, 2.05) is 48.5 Å². The molecule has 0 N–H and O–H groups in total. The molecule has 1 aliphatic heterocycles. The molecule has 1 amide bonds. The summed E-state index contributed by atoms with van der Waals surface area (Å²) >= 11 is 12.0. The molecule has 1 aliphatic carbocycles. The standard InChI is InChI=1S/C22H20Cl2N2O/c1-14(27)26-22(16-7-11-19(24)12-8-16)20-4-2-3-17(21(20)25-26)13-15-5-9-18(23)10-6-15/h5-13,20,22H,2-4H2,1H3. The molecule has 4 rings (SSSR count). The minimum absolute atomic E-state index is 0.0392. The Morgan fingerprint density at radius 3 is 2.33 bits per heavy atom. The van der Waals surface area contributed by atoms with Gasteiger partial charge in [-0.25, -0.2) is 5.01 Å². The Morgan fingerprint density at radius 1 is 1.07 bits per heavy atom. The molecule has 2 unspecified atom stereocenters. The van der Waals surface area contributed by atoms with E-state index >= 15 is 0 Å². The van der Waals surface area contributed by atoms with Crippen LogP contribution >= 0.6 is 23.2 Å². The van der Waals surface area contributed by atoms with Crippen LogP contribution in [0.1, 0.15) is 43.4 Å². The quantitative estimate of drug-likeness (QED) is 0.597. The van der Waals surface area contributed by atoms with Crippen LogP contribution in [0.5, 0.6) is 0 Å². The summed E-state index contributed by atoms with van der Waals surface area (Å²) in [5.74, 6) is 0.171. The van der Waals surface area contributed by atoms with E-state index in [-0.39, 0.29) is 17.9 Å². The van der Waals surface area contributed by atoms with Gasteiger partial charge in [-0.15, -0.1) is 0 Å². The molecule has 5 heteroatoms. The van der Waals surface area contributed by atoms with Crippen LogP contribution < -0.4 is 0 Å². The van der Waals surface area contributed by atoms with Crippen molar-refractivity contribution in [3.63, 3.8) is 0 Å². The number of benzene rings is 2. The Labute approximate surface area is 169 Å². The van der Waals surface area contributed by atoms with Gasteiger partial charge in [0.15, 0.2) is 0 Å². The van der Waals surface area contributed by atoms with Gasteiger partial charge >= 0.3 is 0 Å². The van der Waals surface area contributed by atoms with Crippen LogP contribution in [0.3, 0.4) is 0 Å². The van der Waals surface area contributed by atoms with Gasteiger partial charge in [0.1, 0.15) is 0 Å². The highest BCUT2D eigenvalue weighted by molar-refractivity contribution is 6.30. The Balaban J connectivity index is 1.72. The molecule has 0 bridgehead atoms. The molecule has 27 heavy (non-hydrogen) atoms. The maximum absolute atomic E-state index is 12.3. The lowest BCUT2D eigenvalue weighted by atomic mass is 9.77. The molecule has 2 aromatic rings. The third kappa shape index (κ3) is 3.67. The molecule has 138 valence electrons. The van der Waals surface area contributed by atoms with Crippen molar-refractivity contribution in [2.75, 3.05) is 0 Å². The molecule has 0 saturated heterocycles. The largest absolute Gasteiger partial charge is 0.273 e. The van der Waals surface area contributed by atoms with Crippen LogP contribution in [0.4, 0.5) is 0 Å².